The zero-order valence-electron chi connectivity index (χ0n) is 10.9. The molecule has 0 aromatic heterocycles. The van der Waals surface area contributed by atoms with Gasteiger partial charge in [0.2, 0.25) is 0 Å². The molecule has 0 aromatic rings. The van der Waals surface area contributed by atoms with Gasteiger partial charge in [-0.25, -0.2) is 6.42 Å². The van der Waals surface area contributed by atoms with Crippen LogP contribution < -0.4 is 29.6 Å². The van der Waals surface area contributed by atoms with Crippen LogP contribution in [-0.2, 0) is 0 Å². The zero-order chi connectivity index (χ0) is 9.61. The summed E-state index contributed by atoms with van der Waals surface area (Å²) in [6.45, 7) is 14.5. The number of hydrogen-bond donors (Lipinski definition) is 0. The minimum atomic E-state index is 0. The van der Waals surface area contributed by atoms with Crippen LogP contribution in [0.2, 0.25) is 0 Å². The van der Waals surface area contributed by atoms with Crippen molar-refractivity contribution in [3.63, 3.8) is 0 Å². The number of likely N-dealkylation sites (tertiary alicyclic amines) is 1. The third-order valence-corrected chi connectivity index (χ3v) is 2.58. The van der Waals surface area contributed by atoms with Crippen molar-refractivity contribution < 1.29 is 29.6 Å². The van der Waals surface area contributed by atoms with E-state index in [0.717, 1.165) is 6.42 Å². The molecule has 0 aromatic carbocycles. The quantitative estimate of drug-likeness (QED) is 0.440. The van der Waals surface area contributed by atoms with E-state index in [-0.39, 0.29) is 37.0 Å². The Morgan fingerprint density at radius 1 is 1.21 bits per heavy atom. The van der Waals surface area contributed by atoms with Gasteiger partial charge in [0.25, 0.3) is 0 Å². The van der Waals surface area contributed by atoms with Crippen molar-refractivity contribution in [2.75, 3.05) is 20.1 Å². The summed E-state index contributed by atoms with van der Waals surface area (Å²) in [4.78, 5) is 2.36. The van der Waals surface area contributed by atoms with Gasteiger partial charge in [0.15, 0.2) is 0 Å². The first-order chi connectivity index (χ1) is 5.66. The molecule has 1 aliphatic rings. The molecule has 0 saturated carbocycles. The molecular formula is C12H26NNa-2. The van der Waals surface area contributed by atoms with Gasteiger partial charge < -0.3 is 26.2 Å². The first kappa shape index (κ1) is 20.4. The summed E-state index contributed by atoms with van der Waals surface area (Å²) in [5.74, 6) is 0. The van der Waals surface area contributed by atoms with E-state index in [9.17, 15) is 0 Å². The van der Waals surface area contributed by atoms with Crippen LogP contribution in [0.4, 0.5) is 0 Å². The van der Waals surface area contributed by atoms with Crippen LogP contribution in [0.3, 0.4) is 0 Å². The van der Waals surface area contributed by atoms with Crippen LogP contribution in [0.15, 0.2) is 0 Å². The molecule has 1 saturated heterocycles. The van der Waals surface area contributed by atoms with E-state index in [4.69, 9.17) is 0 Å². The Balaban J connectivity index is -0.000000284. The Morgan fingerprint density at radius 2 is 1.57 bits per heavy atom. The predicted molar refractivity (Wildman–Crippen MR) is 62.3 cm³/mol. The molecule has 1 fully saturated rings. The summed E-state index contributed by atoms with van der Waals surface area (Å²) in [5, 5.41) is 0. The maximum Gasteiger partial charge on any atom is 1.00 e. The minimum absolute atomic E-state index is 0. The standard InChI is InChI=1S/C9H17N.C2H6.CH3.Na/c1-4-9(2)5-7-10(3)8-6-9;1-2;;/h1-2,4-8H2,3H3;1-2H3;1H3;/q-2;;-1;+1. The van der Waals surface area contributed by atoms with Crippen LogP contribution in [0.5, 0.6) is 0 Å². The molecule has 2 heteroatoms. The fourth-order valence-corrected chi connectivity index (χ4v) is 1.34. The summed E-state index contributed by atoms with van der Waals surface area (Å²) >= 11 is 0. The van der Waals surface area contributed by atoms with Crippen molar-refractivity contribution in [2.45, 2.75) is 33.1 Å². The van der Waals surface area contributed by atoms with E-state index in [1.165, 1.54) is 25.9 Å². The molecule has 0 aliphatic carbocycles. The molecule has 0 amide bonds. The minimum Gasteiger partial charge on any atom is -0.358 e. The SMILES string of the molecule is CC.[CH2-]CC1([CH2-])CCN(C)CC1.[CH3-].[Na+]. The second kappa shape index (κ2) is 10.5. The van der Waals surface area contributed by atoms with Crippen molar-refractivity contribution in [1.82, 2.24) is 4.90 Å². The van der Waals surface area contributed by atoms with Crippen LogP contribution in [0.25, 0.3) is 0 Å². The predicted octanol–water partition coefficient (Wildman–Crippen LogP) is 0.237. The molecule has 1 heterocycles. The molecular weight excluding hydrogens is 181 g/mol. The molecule has 0 unspecified atom stereocenters. The second-order valence-corrected chi connectivity index (χ2v) is 3.55. The Labute approximate surface area is 114 Å². The van der Waals surface area contributed by atoms with E-state index in [0.29, 0.717) is 5.41 Å². The largest absolute Gasteiger partial charge is 1.00 e. The summed E-state index contributed by atoms with van der Waals surface area (Å²) in [5.41, 5.74) is 0.298. The maximum absolute atomic E-state index is 4.19. The normalized spacial score (nSPS) is 19.5. The van der Waals surface area contributed by atoms with E-state index in [2.05, 4.69) is 25.8 Å². The van der Waals surface area contributed by atoms with Crippen LogP contribution >= 0.6 is 0 Å². The third kappa shape index (κ3) is 7.28. The van der Waals surface area contributed by atoms with E-state index in [1.807, 2.05) is 13.8 Å². The van der Waals surface area contributed by atoms with Gasteiger partial charge in [-0.05, 0) is 20.1 Å². The summed E-state index contributed by atoms with van der Waals surface area (Å²) in [6.07, 6.45) is 3.42. The molecule has 0 bridgehead atoms. The van der Waals surface area contributed by atoms with Crippen molar-refractivity contribution in [1.29, 1.82) is 0 Å². The topological polar surface area (TPSA) is 3.24 Å². The number of nitrogens with zero attached hydrogens (tertiary/aromatic N) is 1. The van der Waals surface area contributed by atoms with Crippen molar-refractivity contribution in [3.8, 4) is 0 Å². The summed E-state index contributed by atoms with van der Waals surface area (Å²) < 4.78 is 0. The van der Waals surface area contributed by atoms with E-state index < -0.39 is 0 Å². The zero-order valence-corrected chi connectivity index (χ0v) is 12.9. The molecule has 0 N–H and O–H groups in total. The van der Waals surface area contributed by atoms with Gasteiger partial charge in [-0.1, -0.05) is 26.7 Å². The fourth-order valence-electron chi connectivity index (χ4n) is 1.34. The summed E-state index contributed by atoms with van der Waals surface area (Å²) in [6, 6.07) is 0. The van der Waals surface area contributed by atoms with Crippen LogP contribution in [0, 0.1) is 26.7 Å². The third-order valence-electron chi connectivity index (χ3n) is 2.58. The van der Waals surface area contributed by atoms with Gasteiger partial charge in [-0.3, -0.25) is 0 Å². The Kier molecular flexibility index (Phi) is 15.3. The molecule has 0 spiro atoms. The first-order valence-electron chi connectivity index (χ1n) is 4.99. The molecule has 0 radical (unpaired) electrons. The fraction of sp³-hybridized carbons (Fsp3) is 0.750. The van der Waals surface area contributed by atoms with E-state index >= 15 is 0 Å². The van der Waals surface area contributed by atoms with Gasteiger partial charge in [0.1, 0.15) is 0 Å². The van der Waals surface area contributed by atoms with Crippen molar-refractivity contribution in [2.24, 2.45) is 5.41 Å². The van der Waals surface area contributed by atoms with Gasteiger partial charge in [0, 0.05) is 0 Å². The molecule has 82 valence electrons. The van der Waals surface area contributed by atoms with Crippen LogP contribution in [-0.4, -0.2) is 25.0 Å². The first-order valence-corrected chi connectivity index (χ1v) is 4.99. The Bertz CT molecular complexity index is 107. The average Bonchev–Trinajstić information content (AvgIpc) is 2.14. The number of piperidine rings is 1. The number of rotatable bonds is 1. The second-order valence-electron chi connectivity index (χ2n) is 3.55. The Morgan fingerprint density at radius 3 is 1.86 bits per heavy atom. The molecule has 14 heavy (non-hydrogen) atoms. The van der Waals surface area contributed by atoms with Gasteiger partial charge in [-0.2, -0.15) is 5.41 Å². The molecule has 1 rings (SSSR count). The smallest absolute Gasteiger partial charge is 0.358 e. The number of hydrogen-bond acceptors (Lipinski definition) is 1. The Hall–Kier alpha value is 0.960. The molecule has 1 aliphatic heterocycles. The van der Waals surface area contributed by atoms with Gasteiger partial charge in [0.05, 0.1) is 0 Å². The van der Waals surface area contributed by atoms with Crippen LogP contribution in [0.1, 0.15) is 33.1 Å². The van der Waals surface area contributed by atoms with E-state index in [1.54, 1.807) is 0 Å². The van der Waals surface area contributed by atoms with Gasteiger partial charge in [-0.15, -0.1) is 0 Å². The monoisotopic (exact) mass is 207 g/mol. The molecule has 0 atom stereocenters. The molecule has 1 nitrogen and oxygen atoms in total. The summed E-state index contributed by atoms with van der Waals surface area (Å²) in [7, 11) is 2.17. The van der Waals surface area contributed by atoms with Crippen molar-refractivity contribution in [3.05, 3.63) is 21.3 Å². The van der Waals surface area contributed by atoms with Gasteiger partial charge >= 0.3 is 29.6 Å². The average molecular weight is 207 g/mol. The maximum atomic E-state index is 4.19. The van der Waals surface area contributed by atoms with Crippen molar-refractivity contribution >= 4 is 0 Å².